The van der Waals surface area contributed by atoms with Gasteiger partial charge in [-0.05, 0) is 109 Å². The van der Waals surface area contributed by atoms with Gasteiger partial charge in [0.1, 0.15) is 5.75 Å². The number of benzene rings is 1. The van der Waals surface area contributed by atoms with E-state index in [-0.39, 0.29) is 11.2 Å². The van der Waals surface area contributed by atoms with Gasteiger partial charge in [-0.1, -0.05) is 24.6 Å². The zero-order chi connectivity index (χ0) is 18.6. The maximum absolute atomic E-state index is 12.0. The third-order valence-corrected chi connectivity index (χ3v) is 9.68. The highest BCUT2D eigenvalue weighted by molar-refractivity contribution is 6.01. The zero-order valence-electron chi connectivity index (χ0n) is 16.3. The Morgan fingerprint density at radius 1 is 0.893 bits per heavy atom. The largest absolute Gasteiger partial charge is 0.508 e. The lowest BCUT2D eigenvalue weighted by atomic mass is 9.65. The topological polar surface area (TPSA) is 37.3 Å². The van der Waals surface area contributed by atoms with E-state index in [9.17, 15) is 9.90 Å². The van der Waals surface area contributed by atoms with E-state index in [1.807, 2.05) is 6.07 Å². The van der Waals surface area contributed by atoms with Gasteiger partial charge in [0.2, 0.25) is 0 Å². The van der Waals surface area contributed by atoms with Crippen LogP contribution in [0, 0.1) is 29.6 Å². The molecule has 7 atom stereocenters. The van der Waals surface area contributed by atoms with Gasteiger partial charge in [0, 0.05) is 11.0 Å². The molecule has 0 amide bonds. The minimum atomic E-state index is -0.258. The van der Waals surface area contributed by atoms with Gasteiger partial charge < -0.3 is 5.11 Å². The fraction of sp³-hybridized carbons (Fsp3) is 0.577. The summed E-state index contributed by atoms with van der Waals surface area (Å²) in [7, 11) is 0. The van der Waals surface area contributed by atoms with Crippen molar-refractivity contribution >= 4 is 5.78 Å². The molecule has 1 N–H and O–H groups in total. The summed E-state index contributed by atoms with van der Waals surface area (Å²) in [4.78, 5) is 12.0. The van der Waals surface area contributed by atoms with Crippen LogP contribution in [-0.2, 0) is 10.2 Å². The fourth-order valence-electron chi connectivity index (χ4n) is 8.89. The van der Waals surface area contributed by atoms with Gasteiger partial charge >= 0.3 is 0 Å². The van der Waals surface area contributed by atoms with Crippen molar-refractivity contribution in [3.05, 3.63) is 53.1 Å². The van der Waals surface area contributed by atoms with Crippen molar-refractivity contribution < 1.29 is 9.90 Å². The molecule has 0 unspecified atom stereocenters. The number of aromatic hydroxyl groups is 1. The molecule has 1 aromatic carbocycles. The molecule has 2 heteroatoms. The number of allylic oxidation sites excluding steroid dienone is 4. The Morgan fingerprint density at radius 3 is 2.43 bits per heavy atom. The second kappa shape index (κ2) is 5.20. The Kier molecular flexibility index (Phi) is 2.98. The van der Waals surface area contributed by atoms with E-state index in [4.69, 9.17) is 0 Å². The summed E-state index contributed by atoms with van der Waals surface area (Å²) in [6.07, 6.45) is 17.4. The molecule has 7 rings (SSSR count). The zero-order valence-corrected chi connectivity index (χ0v) is 16.3. The molecule has 4 bridgehead atoms. The van der Waals surface area contributed by atoms with Crippen molar-refractivity contribution in [3.63, 3.8) is 0 Å². The third kappa shape index (κ3) is 1.79. The van der Waals surface area contributed by atoms with E-state index in [0.717, 1.165) is 23.7 Å². The number of hydrogen-bond acceptors (Lipinski definition) is 2. The molecule has 0 aliphatic heterocycles. The predicted octanol–water partition coefficient (Wildman–Crippen LogP) is 5.37. The highest BCUT2D eigenvalue weighted by atomic mass is 16.3. The first-order valence-electron chi connectivity index (χ1n) is 11.4. The van der Waals surface area contributed by atoms with Crippen LogP contribution in [-0.4, -0.2) is 10.9 Å². The van der Waals surface area contributed by atoms with Crippen LogP contribution in [0.25, 0.3) is 0 Å². The van der Waals surface area contributed by atoms with Gasteiger partial charge in [-0.2, -0.15) is 0 Å². The standard InChI is InChI=1S/C26H28O2/c27-18-7-9-26(10-8-18)24-17-4-3-16(13-17)22(24)23-19(5-6-21(28)25(23)26)20-12-14-1-2-15(20)11-14/h5-10,14-17,20,22,24,28H,1-4,11-13H2/t14-,15+,16+,17-,20+,22+,24+/m1/s1. The summed E-state index contributed by atoms with van der Waals surface area (Å²) in [6.45, 7) is 0. The van der Waals surface area contributed by atoms with Crippen molar-refractivity contribution in [1.29, 1.82) is 0 Å². The van der Waals surface area contributed by atoms with Gasteiger partial charge in [-0.25, -0.2) is 0 Å². The molecular weight excluding hydrogens is 344 g/mol. The van der Waals surface area contributed by atoms with Crippen LogP contribution in [0.2, 0.25) is 0 Å². The Bertz CT molecular complexity index is 937. The lowest BCUT2D eigenvalue weighted by molar-refractivity contribution is -0.110. The van der Waals surface area contributed by atoms with Crippen LogP contribution in [0.15, 0.2) is 36.4 Å². The number of carbonyl (C=O) groups excluding carboxylic acids is 1. The molecule has 4 fully saturated rings. The highest BCUT2D eigenvalue weighted by Gasteiger charge is 2.63. The first-order chi connectivity index (χ1) is 13.7. The van der Waals surface area contributed by atoms with E-state index in [0.29, 0.717) is 23.5 Å². The Labute approximate surface area is 166 Å². The summed E-state index contributed by atoms with van der Waals surface area (Å²) >= 11 is 0. The maximum Gasteiger partial charge on any atom is 0.178 e. The normalized spacial score (nSPS) is 43.3. The highest BCUT2D eigenvalue weighted by Crippen LogP contribution is 2.71. The van der Waals surface area contributed by atoms with Crippen LogP contribution < -0.4 is 0 Å². The molecule has 6 aliphatic rings. The first-order valence-corrected chi connectivity index (χ1v) is 11.4. The smallest absolute Gasteiger partial charge is 0.178 e. The number of ketones is 1. The van der Waals surface area contributed by atoms with E-state index >= 15 is 0 Å². The Hall–Kier alpha value is -1.83. The molecule has 28 heavy (non-hydrogen) atoms. The van der Waals surface area contributed by atoms with E-state index in [1.54, 1.807) is 17.7 Å². The number of rotatable bonds is 1. The Balaban J connectivity index is 1.48. The maximum atomic E-state index is 12.0. The van der Waals surface area contributed by atoms with Crippen LogP contribution in [0.1, 0.15) is 73.5 Å². The van der Waals surface area contributed by atoms with Crippen molar-refractivity contribution in [2.24, 2.45) is 29.6 Å². The van der Waals surface area contributed by atoms with Gasteiger partial charge in [-0.3, -0.25) is 4.79 Å². The lowest BCUT2D eigenvalue weighted by Crippen LogP contribution is -2.34. The molecule has 4 saturated carbocycles. The predicted molar refractivity (Wildman–Crippen MR) is 108 cm³/mol. The summed E-state index contributed by atoms with van der Waals surface area (Å²) in [5.41, 5.74) is 3.99. The van der Waals surface area contributed by atoms with Crippen LogP contribution in [0.5, 0.6) is 5.75 Å². The number of carbonyl (C=O) groups is 1. The van der Waals surface area contributed by atoms with Crippen LogP contribution in [0.3, 0.4) is 0 Å². The quantitative estimate of drug-likeness (QED) is 0.673. The molecular formula is C26H28O2. The number of phenolic OH excluding ortho intramolecular Hbond substituents is 1. The van der Waals surface area contributed by atoms with Crippen LogP contribution >= 0.6 is 0 Å². The first kappa shape index (κ1) is 16.0. The molecule has 1 spiro atoms. The number of phenols is 1. The number of fused-ring (bicyclic) bond motifs is 11. The van der Waals surface area contributed by atoms with Crippen LogP contribution in [0.4, 0.5) is 0 Å². The molecule has 6 aliphatic carbocycles. The summed E-state index contributed by atoms with van der Waals surface area (Å²) in [5, 5.41) is 11.1. The van der Waals surface area contributed by atoms with Crippen molar-refractivity contribution in [3.8, 4) is 5.75 Å². The van der Waals surface area contributed by atoms with E-state index in [1.165, 1.54) is 56.1 Å². The lowest BCUT2D eigenvalue weighted by Gasteiger charge is -2.37. The molecule has 0 heterocycles. The average molecular weight is 373 g/mol. The van der Waals surface area contributed by atoms with Gasteiger partial charge in [-0.15, -0.1) is 0 Å². The third-order valence-electron chi connectivity index (χ3n) is 9.68. The summed E-state index contributed by atoms with van der Waals surface area (Å²) in [5.74, 6) is 5.64. The van der Waals surface area contributed by atoms with Gasteiger partial charge in [0.25, 0.3) is 0 Å². The van der Waals surface area contributed by atoms with Gasteiger partial charge in [0.15, 0.2) is 5.78 Å². The molecule has 0 aromatic heterocycles. The van der Waals surface area contributed by atoms with Crippen molar-refractivity contribution in [2.75, 3.05) is 0 Å². The number of hydrogen-bond donors (Lipinski definition) is 1. The second-order valence-corrected chi connectivity index (χ2v) is 10.6. The Morgan fingerprint density at radius 2 is 1.68 bits per heavy atom. The molecule has 2 nitrogen and oxygen atoms in total. The van der Waals surface area contributed by atoms with Gasteiger partial charge in [0.05, 0.1) is 0 Å². The molecule has 144 valence electrons. The summed E-state index contributed by atoms with van der Waals surface area (Å²) in [6, 6.07) is 4.26. The molecule has 1 aromatic rings. The second-order valence-electron chi connectivity index (χ2n) is 10.6. The average Bonchev–Trinajstić information content (AvgIpc) is 3.50. The van der Waals surface area contributed by atoms with E-state index in [2.05, 4.69) is 18.2 Å². The minimum Gasteiger partial charge on any atom is -0.508 e. The monoisotopic (exact) mass is 372 g/mol. The van der Waals surface area contributed by atoms with E-state index < -0.39 is 0 Å². The summed E-state index contributed by atoms with van der Waals surface area (Å²) < 4.78 is 0. The minimum absolute atomic E-state index is 0.0857. The van der Waals surface area contributed by atoms with Crippen molar-refractivity contribution in [1.82, 2.24) is 0 Å². The molecule has 0 saturated heterocycles. The van der Waals surface area contributed by atoms with Crippen molar-refractivity contribution in [2.45, 2.75) is 62.2 Å². The SMILES string of the molecule is O=C1C=CC2(C=C1)c1c(O)ccc([C@H]3C[C@@H]4CC[C@H]3C4)c1[C@@H]1[C@H]3CC[C@H](C3)[C@@H]12. The fourth-order valence-corrected chi connectivity index (χ4v) is 8.89. The molecule has 0 radical (unpaired) electrons.